The van der Waals surface area contributed by atoms with Crippen molar-refractivity contribution >= 4 is 33.3 Å². The van der Waals surface area contributed by atoms with Crippen LogP contribution in [-0.2, 0) is 4.74 Å². The van der Waals surface area contributed by atoms with E-state index in [0.29, 0.717) is 47.6 Å². The van der Waals surface area contributed by atoms with E-state index in [1.165, 1.54) is 11.3 Å². The zero-order valence-corrected chi connectivity index (χ0v) is 18.2. The molecule has 4 rings (SSSR count). The minimum Gasteiger partial charge on any atom is -0.388 e. The summed E-state index contributed by atoms with van der Waals surface area (Å²) in [6, 6.07) is 7.79. The normalized spacial score (nSPS) is 23.4. The van der Waals surface area contributed by atoms with Gasteiger partial charge in [-0.3, -0.25) is 4.39 Å². The highest BCUT2D eigenvalue weighted by Gasteiger charge is 2.47. The molecule has 31 heavy (non-hydrogen) atoms. The van der Waals surface area contributed by atoms with Gasteiger partial charge in [-0.15, -0.1) is 11.3 Å². The number of aromatic nitrogens is 3. The molecular weight excluding hydrogens is 421 g/mol. The maximum Gasteiger partial charge on any atom is 0.224 e. The molecule has 1 saturated carbocycles. The van der Waals surface area contributed by atoms with E-state index in [1.807, 2.05) is 31.2 Å². The Balaban J connectivity index is 1.76. The fraction of sp³-hybridized carbons (Fsp3) is 0.476. The molecule has 1 aliphatic rings. The van der Waals surface area contributed by atoms with Crippen molar-refractivity contribution in [3.63, 3.8) is 0 Å². The van der Waals surface area contributed by atoms with Crippen LogP contribution >= 0.6 is 11.3 Å². The van der Waals surface area contributed by atoms with Gasteiger partial charge in [-0.1, -0.05) is 12.1 Å². The highest BCUT2D eigenvalue weighted by Crippen LogP contribution is 2.40. The molecule has 4 N–H and O–H groups in total. The van der Waals surface area contributed by atoms with Crippen molar-refractivity contribution in [1.29, 1.82) is 0 Å². The molecule has 2 heterocycles. The van der Waals surface area contributed by atoms with Gasteiger partial charge in [0.15, 0.2) is 5.72 Å². The number of anilines is 2. The molecule has 0 radical (unpaired) electrons. The van der Waals surface area contributed by atoms with Crippen LogP contribution < -0.4 is 10.6 Å². The quantitative estimate of drug-likeness (QED) is 0.308. The van der Waals surface area contributed by atoms with Gasteiger partial charge >= 0.3 is 0 Å². The number of ether oxygens (including phenoxy) is 1. The standard InChI is InChI=1S/C21H26FN5O3S/c1-12-16(19-25-14-5-3-4-6-15(14)31-19)18(26-20(24-12)23-9-10-30-2)27-21(29)8-7-13(11-22)17(21)28/h3-6,13,17,28-29H,7-11H2,1-2H3,(H2,23,24,26,27). The van der Waals surface area contributed by atoms with Gasteiger partial charge in [-0.25, -0.2) is 9.97 Å². The first-order valence-electron chi connectivity index (χ1n) is 10.2. The number of hydrogen-bond acceptors (Lipinski definition) is 9. The van der Waals surface area contributed by atoms with E-state index in [9.17, 15) is 14.6 Å². The molecule has 3 aromatic rings. The van der Waals surface area contributed by atoms with E-state index < -0.39 is 24.4 Å². The third kappa shape index (κ3) is 4.33. The van der Waals surface area contributed by atoms with Gasteiger partial charge in [0.05, 0.1) is 34.8 Å². The third-order valence-corrected chi connectivity index (χ3v) is 6.61. The number of alkyl halides is 1. The van der Waals surface area contributed by atoms with Crippen LogP contribution in [0, 0.1) is 12.8 Å². The SMILES string of the molecule is COCCNc1nc(C)c(-c2nc3ccccc3s2)c(NC2(O)CCC(CF)C2O)n1. The molecule has 166 valence electrons. The van der Waals surface area contributed by atoms with Gasteiger partial charge in [0.2, 0.25) is 5.95 Å². The van der Waals surface area contributed by atoms with Gasteiger partial charge in [-0.05, 0) is 31.9 Å². The Morgan fingerprint density at radius 2 is 2.10 bits per heavy atom. The zero-order chi connectivity index (χ0) is 22.0. The van der Waals surface area contributed by atoms with Crippen LogP contribution in [0.1, 0.15) is 18.5 Å². The lowest BCUT2D eigenvalue weighted by Gasteiger charge is -2.30. The lowest BCUT2D eigenvalue weighted by atomic mass is 10.0. The molecule has 0 saturated heterocycles. The second-order valence-corrected chi connectivity index (χ2v) is 8.74. The van der Waals surface area contributed by atoms with Crippen LogP contribution in [0.5, 0.6) is 0 Å². The van der Waals surface area contributed by atoms with E-state index >= 15 is 0 Å². The van der Waals surface area contributed by atoms with Gasteiger partial charge in [0.25, 0.3) is 0 Å². The predicted molar refractivity (Wildman–Crippen MR) is 119 cm³/mol. The van der Waals surface area contributed by atoms with Crippen LogP contribution in [0.4, 0.5) is 16.2 Å². The van der Waals surface area contributed by atoms with Crippen molar-refractivity contribution in [3.05, 3.63) is 30.0 Å². The molecule has 10 heteroatoms. The number of hydrogen-bond donors (Lipinski definition) is 4. The second kappa shape index (κ2) is 8.99. The number of para-hydroxylation sites is 1. The van der Waals surface area contributed by atoms with E-state index in [0.717, 1.165) is 10.2 Å². The molecule has 1 aliphatic carbocycles. The van der Waals surface area contributed by atoms with Crippen molar-refractivity contribution in [2.75, 3.05) is 37.6 Å². The Morgan fingerprint density at radius 3 is 2.81 bits per heavy atom. The van der Waals surface area contributed by atoms with Crippen LogP contribution in [0.25, 0.3) is 20.8 Å². The van der Waals surface area contributed by atoms with Crippen molar-refractivity contribution in [3.8, 4) is 10.6 Å². The Hall–Kier alpha value is -2.40. The summed E-state index contributed by atoms with van der Waals surface area (Å²) in [6.07, 6.45) is -0.668. The molecule has 0 amide bonds. The molecule has 3 atom stereocenters. The maximum absolute atomic E-state index is 13.2. The van der Waals surface area contributed by atoms with Crippen LogP contribution in [0.3, 0.4) is 0 Å². The van der Waals surface area contributed by atoms with E-state index in [1.54, 1.807) is 7.11 Å². The summed E-state index contributed by atoms with van der Waals surface area (Å²) in [6.45, 7) is 2.13. The highest BCUT2D eigenvalue weighted by molar-refractivity contribution is 7.21. The van der Waals surface area contributed by atoms with E-state index in [4.69, 9.17) is 9.72 Å². The average molecular weight is 448 g/mol. The number of rotatable bonds is 8. The number of thiazole rings is 1. The molecule has 0 aliphatic heterocycles. The lowest BCUT2D eigenvalue weighted by molar-refractivity contribution is -0.0501. The number of aliphatic hydroxyl groups is 2. The number of benzene rings is 1. The zero-order valence-electron chi connectivity index (χ0n) is 17.4. The molecule has 8 nitrogen and oxygen atoms in total. The molecule has 2 aromatic heterocycles. The van der Waals surface area contributed by atoms with E-state index in [-0.39, 0.29) is 6.42 Å². The first kappa shape index (κ1) is 21.8. The average Bonchev–Trinajstić information content (AvgIpc) is 3.29. The summed E-state index contributed by atoms with van der Waals surface area (Å²) < 4.78 is 19.3. The number of fused-ring (bicyclic) bond motifs is 1. The van der Waals surface area contributed by atoms with Gasteiger partial charge in [0, 0.05) is 19.6 Å². The smallest absolute Gasteiger partial charge is 0.224 e. The number of halogens is 1. The summed E-state index contributed by atoms with van der Waals surface area (Å²) in [7, 11) is 1.61. The number of methoxy groups -OCH3 is 1. The Labute approximate surface area is 183 Å². The fourth-order valence-corrected chi connectivity index (χ4v) is 4.91. The summed E-state index contributed by atoms with van der Waals surface area (Å²) in [5, 5.41) is 28.4. The number of aryl methyl sites for hydroxylation is 1. The Bertz CT molecular complexity index is 1030. The first-order valence-corrected chi connectivity index (χ1v) is 11.0. The lowest BCUT2D eigenvalue weighted by Crippen LogP contribution is -2.48. The van der Waals surface area contributed by atoms with Crippen LogP contribution in [-0.4, -0.2) is 63.9 Å². The topological polar surface area (TPSA) is 112 Å². The summed E-state index contributed by atoms with van der Waals surface area (Å²) in [5.41, 5.74) is 0.469. The largest absolute Gasteiger partial charge is 0.388 e. The minimum atomic E-state index is -1.69. The maximum atomic E-state index is 13.2. The number of nitrogens with zero attached hydrogens (tertiary/aromatic N) is 3. The fourth-order valence-electron chi connectivity index (χ4n) is 3.85. The first-order chi connectivity index (χ1) is 14.9. The summed E-state index contributed by atoms with van der Waals surface area (Å²) in [4.78, 5) is 13.8. The summed E-state index contributed by atoms with van der Waals surface area (Å²) in [5.74, 6) is 0.0817. The van der Waals surface area contributed by atoms with Crippen molar-refractivity contribution in [2.45, 2.75) is 31.6 Å². The molecule has 1 aromatic carbocycles. The van der Waals surface area contributed by atoms with Crippen molar-refractivity contribution < 1.29 is 19.3 Å². The molecule has 3 unspecified atom stereocenters. The minimum absolute atomic E-state index is 0.206. The van der Waals surface area contributed by atoms with Crippen molar-refractivity contribution in [2.24, 2.45) is 5.92 Å². The Kier molecular flexibility index (Phi) is 6.33. The molecular formula is C21H26FN5O3S. The second-order valence-electron chi connectivity index (χ2n) is 7.71. The summed E-state index contributed by atoms with van der Waals surface area (Å²) >= 11 is 1.49. The van der Waals surface area contributed by atoms with E-state index in [2.05, 4.69) is 20.6 Å². The van der Waals surface area contributed by atoms with Gasteiger partial charge in [-0.2, -0.15) is 4.98 Å². The number of aliphatic hydroxyl groups excluding tert-OH is 1. The molecule has 0 bridgehead atoms. The highest BCUT2D eigenvalue weighted by atomic mass is 32.1. The van der Waals surface area contributed by atoms with Crippen molar-refractivity contribution in [1.82, 2.24) is 15.0 Å². The monoisotopic (exact) mass is 447 g/mol. The number of nitrogens with one attached hydrogen (secondary N) is 2. The molecule has 1 fully saturated rings. The Morgan fingerprint density at radius 1 is 1.29 bits per heavy atom. The molecule has 0 spiro atoms. The third-order valence-electron chi connectivity index (χ3n) is 5.55. The predicted octanol–water partition coefficient (Wildman–Crippen LogP) is 2.96. The van der Waals surface area contributed by atoms with Gasteiger partial charge in [0.1, 0.15) is 16.9 Å². The van der Waals surface area contributed by atoms with Gasteiger partial charge < -0.3 is 25.6 Å². The van der Waals surface area contributed by atoms with Crippen LogP contribution in [0.15, 0.2) is 24.3 Å². The van der Waals surface area contributed by atoms with Crippen LogP contribution in [0.2, 0.25) is 0 Å².